The molecule has 0 heterocycles. The van der Waals surface area contributed by atoms with Crippen molar-refractivity contribution in [2.75, 3.05) is 0 Å². The maximum atomic E-state index is 4.93. The molecular weight excluding hydrogens is 84.1 g/mol. The van der Waals surface area contributed by atoms with E-state index in [0.29, 0.717) is 0 Å². The summed E-state index contributed by atoms with van der Waals surface area (Å²) in [7, 11) is 0. The highest BCUT2D eigenvalue weighted by Gasteiger charge is 1.69. The first kappa shape index (κ1) is 6.30. The topological polar surface area (TPSA) is 0 Å². The fourth-order valence-corrected chi connectivity index (χ4v) is 0.272. The summed E-state index contributed by atoms with van der Waals surface area (Å²) in [5, 5.41) is 0. The molecule has 0 unspecified atom stereocenters. The number of allylic oxidation sites excluding steroid dienone is 2. The van der Waals surface area contributed by atoms with Gasteiger partial charge in [0.1, 0.15) is 0 Å². The molecule has 0 bridgehead atoms. The van der Waals surface area contributed by atoms with Crippen molar-refractivity contribution in [2.24, 2.45) is 0 Å². The molecule has 0 nitrogen and oxygen atoms in total. The van der Waals surface area contributed by atoms with Crippen LogP contribution in [0.1, 0.15) is 13.3 Å². The second-order valence-electron chi connectivity index (χ2n) is 1.18. The Morgan fingerprint density at radius 3 is 2.86 bits per heavy atom. The Bertz CT molecular complexity index is 82.7. The van der Waals surface area contributed by atoms with Crippen molar-refractivity contribution in [3.63, 3.8) is 0 Å². The third-order valence-electron chi connectivity index (χ3n) is 0.607. The van der Waals surface area contributed by atoms with Crippen molar-refractivity contribution >= 4 is 0 Å². The minimum atomic E-state index is 0.896. The fourth-order valence-electron chi connectivity index (χ4n) is 0.272. The zero-order chi connectivity index (χ0) is 5.54. The monoisotopic (exact) mass is 93.1 g/mol. The van der Waals surface area contributed by atoms with Crippen LogP contribution < -0.4 is 0 Å². The second-order valence-corrected chi connectivity index (χ2v) is 1.18. The van der Waals surface area contributed by atoms with E-state index in [1.54, 1.807) is 6.42 Å². The van der Waals surface area contributed by atoms with Crippen LogP contribution >= 0.6 is 0 Å². The average molecular weight is 93.1 g/mol. The van der Waals surface area contributed by atoms with Crippen molar-refractivity contribution in [2.45, 2.75) is 13.3 Å². The molecule has 0 aliphatic carbocycles. The SMILES string of the molecule is C#C[CH]CC=CC. The Labute approximate surface area is 45.2 Å². The first-order valence-electron chi connectivity index (χ1n) is 2.30. The standard InChI is InChI=1S/C7H9/c1-3-5-7-6-4-2/h1,4-6H,7H2,2H3. The van der Waals surface area contributed by atoms with Gasteiger partial charge in [0.2, 0.25) is 0 Å². The van der Waals surface area contributed by atoms with Gasteiger partial charge >= 0.3 is 0 Å². The molecule has 0 N–H and O–H groups in total. The molecular formula is C7H9. The van der Waals surface area contributed by atoms with E-state index in [1.807, 2.05) is 19.1 Å². The smallest absolute Gasteiger partial charge is 0.0375 e. The van der Waals surface area contributed by atoms with Crippen LogP contribution in [0.5, 0.6) is 0 Å². The summed E-state index contributed by atoms with van der Waals surface area (Å²) in [6.45, 7) is 1.98. The van der Waals surface area contributed by atoms with Gasteiger partial charge in [-0.1, -0.05) is 12.2 Å². The molecule has 1 radical (unpaired) electrons. The van der Waals surface area contributed by atoms with Crippen molar-refractivity contribution in [1.29, 1.82) is 0 Å². The molecule has 0 amide bonds. The van der Waals surface area contributed by atoms with Gasteiger partial charge in [0.05, 0.1) is 0 Å². The molecule has 0 saturated carbocycles. The van der Waals surface area contributed by atoms with Crippen LogP contribution in [0.25, 0.3) is 0 Å². The van der Waals surface area contributed by atoms with E-state index in [2.05, 4.69) is 5.92 Å². The summed E-state index contributed by atoms with van der Waals surface area (Å²) < 4.78 is 0. The van der Waals surface area contributed by atoms with Crippen LogP contribution in [-0.4, -0.2) is 0 Å². The Morgan fingerprint density at radius 1 is 1.71 bits per heavy atom. The lowest BCUT2D eigenvalue weighted by Gasteiger charge is -1.76. The van der Waals surface area contributed by atoms with Gasteiger partial charge in [0.15, 0.2) is 0 Å². The maximum Gasteiger partial charge on any atom is 0.0375 e. The van der Waals surface area contributed by atoms with Gasteiger partial charge in [-0.25, -0.2) is 0 Å². The highest BCUT2D eigenvalue weighted by molar-refractivity contribution is 5.04. The van der Waals surface area contributed by atoms with Crippen molar-refractivity contribution in [1.82, 2.24) is 0 Å². The highest BCUT2D eigenvalue weighted by atomic mass is 13.7. The Kier molecular flexibility index (Phi) is 4.77. The van der Waals surface area contributed by atoms with Gasteiger partial charge in [-0.15, -0.1) is 12.3 Å². The Morgan fingerprint density at radius 2 is 2.43 bits per heavy atom. The summed E-state index contributed by atoms with van der Waals surface area (Å²) >= 11 is 0. The zero-order valence-corrected chi connectivity index (χ0v) is 4.52. The average Bonchev–Trinajstić information content (AvgIpc) is 1.69. The second kappa shape index (κ2) is 5.30. The van der Waals surface area contributed by atoms with Crippen LogP contribution in [0.3, 0.4) is 0 Å². The molecule has 7 heavy (non-hydrogen) atoms. The minimum Gasteiger partial charge on any atom is -0.120 e. The third kappa shape index (κ3) is 5.30. The summed E-state index contributed by atoms with van der Waals surface area (Å²) in [4.78, 5) is 0. The van der Waals surface area contributed by atoms with E-state index < -0.39 is 0 Å². The summed E-state index contributed by atoms with van der Waals surface area (Å²) in [5.41, 5.74) is 0. The first-order chi connectivity index (χ1) is 3.41. The lowest BCUT2D eigenvalue weighted by atomic mass is 10.3. The fraction of sp³-hybridized carbons (Fsp3) is 0.286. The lowest BCUT2D eigenvalue weighted by Crippen LogP contribution is -1.61. The van der Waals surface area contributed by atoms with Gasteiger partial charge in [0, 0.05) is 6.42 Å². The molecule has 0 aliphatic heterocycles. The largest absolute Gasteiger partial charge is 0.120 e. The molecule has 0 aromatic carbocycles. The highest BCUT2D eigenvalue weighted by Crippen LogP contribution is 1.84. The zero-order valence-electron chi connectivity index (χ0n) is 4.52. The number of unbranched alkanes of at least 4 members (excludes halogenated alkanes) is 1. The van der Waals surface area contributed by atoms with Gasteiger partial charge in [-0.05, 0) is 13.3 Å². The molecule has 0 aromatic rings. The molecule has 0 fully saturated rings. The van der Waals surface area contributed by atoms with Crippen molar-refractivity contribution in [3.8, 4) is 12.3 Å². The normalized spacial score (nSPS) is 9.14. The quantitative estimate of drug-likeness (QED) is 0.277. The minimum absolute atomic E-state index is 0.896. The van der Waals surface area contributed by atoms with Crippen LogP contribution in [0, 0.1) is 18.8 Å². The van der Waals surface area contributed by atoms with Gasteiger partial charge < -0.3 is 0 Å². The molecule has 37 valence electrons. The van der Waals surface area contributed by atoms with Crippen molar-refractivity contribution < 1.29 is 0 Å². The number of rotatable bonds is 2. The molecule has 0 rings (SSSR count). The lowest BCUT2D eigenvalue weighted by molar-refractivity contribution is 1.31. The van der Waals surface area contributed by atoms with E-state index in [9.17, 15) is 0 Å². The van der Waals surface area contributed by atoms with Crippen molar-refractivity contribution in [3.05, 3.63) is 18.6 Å². The molecule has 0 aliphatic rings. The van der Waals surface area contributed by atoms with Gasteiger partial charge in [-0.2, -0.15) is 0 Å². The van der Waals surface area contributed by atoms with E-state index in [1.165, 1.54) is 0 Å². The summed E-state index contributed by atoms with van der Waals surface area (Å²) in [5.74, 6) is 2.43. The predicted octanol–water partition coefficient (Wildman–Crippen LogP) is 1.79. The molecule has 0 spiro atoms. The molecule has 0 heteroatoms. The molecule has 0 saturated heterocycles. The first-order valence-corrected chi connectivity index (χ1v) is 2.30. The summed E-state index contributed by atoms with van der Waals surface area (Å²) in [6, 6.07) is 0. The van der Waals surface area contributed by atoms with E-state index in [-0.39, 0.29) is 0 Å². The van der Waals surface area contributed by atoms with Crippen LogP contribution in [0.2, 0.25) is 0 Å². The maximum absolute atomic E-state index is 4.93. The van der Waals surface area contributed by atoms with Crippen LogP contribution in [-0.2, 0) is 0 Å². The Hall–Kier alpha value is -0.700. The van der Waals surface area contributed by atoms with E-state index in [4.69, 9.17) is 6.42 Å². The van der Waals surface area contributed by atoms with Crippen LogP contribution in [0.4, 0.5) is 0 Å². The molecule has 0 atom stereocenters. The van der Waals surface area contributed by atoms with Gasteiger partial charge in [0.25, 0.3) is 0 Å². The number of hydrogen-bond acceptors (Lipinski definition) is 0. The van der Waals surface area contributed by atoms with E-state index >= 15 is 0 Å². The van der Waals surface area contributed by atoms with E-state index in [0.717, 1.165) is 6.42 Å². The predicted molar refractivity (Wildman–Crippen MR) is 32.6 cm³/mol. The molecule has 0 aromatic heterocycles. The third-order valence-corrected chi connectivity index (χ3v) is 0.607. The number of hydrogen-bond donors (Lipinski definition) is 0. The van der Waals surface area contributed by atoms with Crippen LogP contribution in [0.15, 0.2) is 12.2 Å². The van der Waals surface area contributed by atoms with Gasteiger partial charge in [-0.3, -0.25) is 0 Å². The Balaban J connectivity index is 2.87. The number of terminal acetylenes is 1. The summed E-state index contributed by atoms with van der Waals surface area (Å²) in [6.07, 6.45) is 11.6.